The summed E-state index contributed by atoms with van der Waals surface area (Å²) in [5.41, 5.74) is 2.54. The van der Waals surface area contributed by atoms with Crippen molar-refractivity contribution in [2.24, 2.45) is 0 Å². The molecule has 154 valence electrons. The highest BCUT2D eigenvalue weighted by Gasteiger charge is 2.60. The summed E-state index contributed by atoms with van der Waals surface area (Å²) in [6.07, 6.45) is 2.31. The highest BCUT2D eigenvalue weighted by Crippen LogP contribution is 2.60. The summed E-state index contributed by atoms with van der Waals surface area (Å²) >= 11 is 0. The Kier molecular flexibility index (Phi) is 4.02. The number of carbonyl (C=O) groups excluding carboxylic acids is 2. The Balaban J connectivity index is 1.86. The number of carbonyl (C=O) groups is 2. The van der Waals surface area contributed by atoms with Crippen LogP contribution in [-0.4, -0.2) is 39.2 Å². The number of amides is 1. The van der Waals surface area contributed by atoms with Crippen molar-refractivity contribution in [1.82, 2.24) is 9.97 Å². The average Bonchev–Trinajstić information content (AvgIpc) is 3.19. The number of aromatic amines is 1. The summed E-state index contributed by atoms with van der Waals surface area (Å²) < 4.78 is 11.7. The number of anilines is 1. The molecule has 0 radical (unpaired) electrons. The number of ketones is 1. The first-order valence-corrected chi connectivity index (χ1v) is 11.6. The lowest BCUT2D eigenvalue weighted by atomic mass is 9.61. The molecule has 3 unspecified atom stereocenters. The third kappa shape index (κ3) is 2.22. The number of fused-ring (bicyclic) bond motifs is 5. The van der Waals surface area contributed by atoms with Gasteiger partial charge in [-0.1, -0.05) is 25.1 Å². The van der Waals surface area contributed by atoms with Crippen LogP contribution in [0.3, 0.4) is 0 Å². The Bertz CT molecular complexity index is 1260. The summed E-state index contributed by atoms with van der Waals surface area (Å²) in [4.78, 5) is 48.4. The Labute approximate surface area is 175 Å². The Morgan fingerprint density at radius 2 is 1.97 bits per heavy atom. The quantitative estimate of drug-likeness (QED) is 0.794. The number of nitrogens with one attached hydrogen (secondary N) is 1. The lowest BCUT2D eigenvalue weighted by molar-refractivity contribution is -0.122. The van der Waals surface area contributed by atoms with E-state index in [1.54, 1.807) is 11.9 Å². The maximum atomic E-state index is 13.7. The SMILES string of the molecule is CC1c2[nH]c(=O)c(CS(C)=O)nc2C2=C(CCC2=O)C12C(=O)N(C)c1ccccc12. The van der Waals surface area contributed by atoms with Crippen molar-refractivity contribution in [3.63, 3.8) is 0 Å². The number of hydrogen-bond donors (Lipinski definition) is 1. The zero-order valence-electron chi connectivity index (χ0n) is 16.9. The molecule has 1 aromatic heterocycles. The van der Waals surface area contributed by atoms with Gasteiger partial charge in [-0.15, -0.1) is 0 Å². The van der Waals surface area contributed by atoms with Gasteiger partial charge in [0.15, 0.2) is 5.78 Å². The molecule has 1 spiro atoms. The largest absolute Gasteiger partial charge is 0.322 e. The van der Waals surface area contributed by atoms with Gasteiger partial charge in [-0.25, -0.2) is 4.98 Å². The number of allylic oxidation sites excluding steroid dienone is 1. The molecular weight excluding hydrogens is 402 g/mol. The number of benzene rings is 1. The molecule has 1 aliphatic heterocycles. The van der Waals surface area contributed by atoms with Crippen LogP contribution < -0.4 is 10.5 Å². The van der Waals surface area contributed by atoms with Gasteiger partial charge in [-0.2, -0.15) is 0 Å². The van der Waals surface area contributed by atoms with E-state index >= 15 is 0 Å². The summed E-state index contributed by atoms with van der Waals surface area (Å²) in [5, 5.41) is 0. The Hall–Kier alpha value is -2.87. The highest BCUT2D eigenvalue weighted by molar-refractivity contribution is 7.83. The van der Waals surface area contributed by atoms with Crippen LogP contribution in [0.4, 0.5) is 5.69 Å². The van der Waals surface area contributed by atoms with Crippen LogP contribution in [0.5, 0.6) is 0 Å². The lowest BCUT2D eigenvalue weighted by Crippen LogP contribution is -2.47. The molecule has 8 heteroatoms. The van der Waals surface area contributed by atoms with Crippen molar-refractivity contribution in [1.29, 1.82) is 0 Å². The second kappa shape index (κ2) is 6.31. The van der Waals surface area contributed by atoms with Crippen LogP contribution in [-0.2, 0) is 31.6 Å². The zero-order valence-corrected chi connectivity index (χ0v) is 17.8. The highest BCUT2D eigenvalue weighted by atomic mass is 32.2. The van der Waals surface area contributed by atoms with E-state index in [0.717, 1.165) is 16.8 Å². The molecule has 0 saturated carbocycles. The van der Waals surface area contributed by atoms with E-state index in [9.17, 15) is 18.6 Å². The first-order valence-electron chi connectivity index (χ1n) is 9.86. The smallest absolute Gasteiger partial charge is 0.270 e. The molecule has 0 fully saturated rings. The number of hydrogen-bond acceptors (Lipinski definition) is 5. The van der Waals surface area contributed by atoms with Crippen molar-refractivity contribution >= 4 is 33.8 Å². The van der Waals surface area contributed by atoms with Gasteiger partial charge < -0.3 is 9.88 Å². The van der Waals surface area contributed by atoms with Crippen LogP contribution in [0.25, 0.3) is 5.57 Å². The van der Waals surface area contributed by atoms with Gasteiger partial charge in [0.1, 0.15) is 11.1 Å². The molecule has 0 saturated heterocycles. The fraction of sp³-hybridized carbons (Fsp3) is 0.364. The minimum atomic E-state index is -1.24. The second-order valence-electron chi connectivity index (χ2n) is 8.18. The third-order valence-corrected chi connectivity index (χ3v) is 7.34. The number of likely N-dealkylation sites (N-methyl/N-ethyl adjacent to an activating group) is 1. The molecular formula is C22H21N3O4S. The van der Waals surface area contributed by atoms with Crippen molar-refractivity contribution in [3.8, 4) is 0 Å². The fourth-order valence-corrected chi connectivity index (χ4v) is 5.98. The van der Waals surface area contributed by atoms with Gasteiger partial charge in [0.05, 0.1) is 11.4 Å². The second-order valence-corrected chi connectivity index (χ2v) is 9.62. The minimum Gasteiger partial charge on any atom is -0.322 e. The van der Waals surface area contributed by atoms with Crippen LogP contribution in [0.15, 0.2) is 34.6 Å². The molecule has 3 atom stereocenters. The monoisotopic (exact) mass is 423 g/mol. The Morgan fingerprint density at radius 1 is 1.23 bits per heavy atom. The number of rotatable bonds is 2. The van der Waals surface area contributed by atoms with Gasteiger partial charge in [0.25, 0.3) is 5.56 Å². The summed E-state index contributed by atoms with van der Waals surface area (Å²) in [6, 6.07) is 7.62. The van der Waals surface area contributed by atoms with Crippen molar-refractivity contribution < 1.29 is 13.8 Å². The first kappa shape index (κ1) is 19.1. The van der Waals surface area contributed by atoms with E-state index in [2.05, 4.69) is 9.97 Å². The maximum Gasteiger partial charge on any atom is 0.270 e. The van der Waals surface area contributed by atoms with E-state index in [0.29, 0.717) is 29.8 Å². The molecule has 2 heterocycles. The summed E-state index contributed by atoms with van der Waals surface area (Å²) in [5.74, 6) is -0.551. The van der Waals surface area contributed by atoms with Gasteiger partial charge >= 0.3 is 0 Å². The van der Waals surface area contributed by atoms with Crippen molar-refractivity contribution in [2.75, 3.05) is 18.2 Å². The minimum absolute atomic E-state index is 0.0173. The molecule has 5 rings (SSSR count). The number of H-pyrrole nitrogens is 1. The normalized spacial score (nSPS) is 25.6. The van der Waals surface area contributed by atoms with Crippen molar-refractivity contribution in [2.45, 2.75) is 36.9 Å². The average molecular weight is 423 g/mol. The molecule has 0 bridgehead atoms. The predicted molar refractivity (Wildman–Crippen MR) is 114 cm³/mol. The van der Waals surface area contributed by atoms with Crippen molar-refractivity contribution in [3.05, 3.63) is 62.8 Å². The molecule has 2 aromatic rings. The van der Waals surface area contributed by atoms with E-state index in [4.69, 9.17) is 0 Å². The number of nitrogens with zero attached hydrogens (tertiary/aromatic N) is 2. The number of para-hydroxylation sites is 1. The van der Waals surface area contributed by atoms with Gasteiger partial charge in [0, 0.05) is 53.4 Å². The molecule has 7 nitrogen and oxygen atoms in total. The topological polar surface area (TPSA) is 100 Å². The lowest BCUT2D eigenvalue weighted by Gasteiger charge is -2.40. The first-order chi connectivity index (χ1) is 14.3. The summed E-state index contributed by atoms with van der Waals surface area (Å²) in [6.45, 7) is 1.91. The van der Waals surface area contributed by atoms with Gasteiger partial charge in [-0.3, -0.25) is 18.6 Å². The van der Waals surface area contributed by atoms with Crippen LogP contribution in [0.2, 0.25) is 0 Å². The molecule has 3 aliphatic rings. The maximum absolute atomic E-state index is 13.7. The molecule has 30 heavy (non-hydrogen) atoms. The van der Waals surface area contributed by atoms with E-state index in [-0.39, 0.29) is 23.1 Å². The van der Waals surface area contributed by atoms with E-state index in [1.807, 2.05) is 31.2 Å². The molecule has 1 amide bonds. The third-order valence-electron chi connectivity index (χ3n) is 6.66. The summed E-state index contributed by atoms with van der Waals surface area (Å²) in [7, 11) is 0.501. The standard InChI is InChI=1S/C22H21N3O4S/c1-11-18-19(23-14(10-30(3)29)20(27)24-18)17-13(8-9-16(17)26)22(11)12-6-4-5-7-15(12)25(2)21(22)28/h4-7,11H,8-10H2,1-3H3,(H,24,27). The molecule has 1 aromatic carbocycles. The van der Waals surface area contributed by atoms with Crippen LogP contribution >= 0.6 is 0 Å². The van der Waals surface area contributed by atoms with Gasteiger partial charge in [0.2, 0.25) is 5.91 Å². The van der Waals surface area contributed by atoms with Gasteiger partial charge in [-0.05, 0) is 23.6 Å². The predicted octanol–water partition coefficient (Wildman–Crippen LogP) is 1.80. The molecule has 1 N–H and O–H groups in total. The van der Waals surface area contributed by atoms with Crippen LogP contribution in [0, 0.1) is 0 Å². The zero-order chi connectivity index (χ0) is 21.4. The molecule has 2 aliphatic carbocycles. The Morgan fingerprint density at radius 3 is 2.70 bits per heavy atom. The number of aromatic nitrogens is 2. The van der Waals surface area contributed by atoms with E-state index in [1.165, 1.54) is 6.26 Å². The van der Waals surface area contributed by atoms with Crippen LogP contribution in [0.1, 0.15) is 48.3 Å². The number of Topliss-reactive ketones (excluding diaryl/α,β-unsaturated/α-hetero) is 1. The fourth-order valence-electron chi connectivity index (χ4n) is 5.40. The van der Waals surface area contributed by atoms with E-state index < -0.39 is 27.7 Å².